The van der Waals surface area contributed by atoms with Crippen molar-refractivity contribution in [1.29, 1.82) is 0 Å². The molecule has 4 heteroatoms. The topological polar surface area (TPSA) is 67.1 Å². The maximum Gasteiger partial charge on any atom is 0.253 e. The third-order valence-corrected chi connectivity index (χ3v) is 1.39. The first-order chi connectivity index (χ1) is 6.83. The van der Waals surface area contributed by atoms with Crippen LogP contribution in [0.15, 0.2) is 30.3 Å². The Morgan fingerprint density at radius 3 is 2.36 bits per heavy atom. The van der Waals surface area contributed by atoms with E-state index >= 15 is 0 Å². The highest BCUT2D eigenvalue weighted by molar-refractivity contribution is 5.79. The number of anilines is 1. The summed E-state index contributed by atoms with van der Waals surface area (Å²) in [5.41, 5.74) is 2.94. The molecule has 78 valence electrons. The fourth-order valence-electron chi connectivity index (χ4n) is 0.789. The molecule has 0 unspecified atom stereocenters. The Kier molecular flexibility index (Phi) is 7.17. The number of nitrogens with two attached hydrogens (primary N) is 1. The normalized spacial score (nSPS) is 8.21. The smallest absolute Gasteiger partial charge is 0.253 e. The molecule has 0 aliphatic rings. The molecule has 1 rings (SSSR count). The molecule has 0 heterocycles. The van der Waals surface area contributed by atoms with Gasteiger partial charge in [0.1, 0.15) is 0 Å². The van der Waals surface area contributed by atoms with E-state index in [2.05, 4.69) is 5.32 Å². The predicted molar refractivity (Wildman–Crippen MR) is 58.6 cm³/mol. The molecule has 1 aromatic carbocycles. The SMILES string of the molecule is CC.NNC(=O)CNc1ccccc1. The van der Waals surface area contributed by atoms with E-state index in [0.717, 1.165) is 5.69 Å². The minimum absolute atomic E-state index is 0.195. The van der Waals surface area contributed by atoms with Crippen LogP contribution in [0.2, 0.25) is 0 Å². The van der Waals surface area contributed by atoms with Gasteiger partial charge < -0.3 is 5.32 Å². The zero-order valence-electron chi connectivity index (χ0n) is 8.58. The molecule has 0 fully saturated rings. The Hall–Kier alpha value is -1.55. The van der Waals surface area contributed by atoms with Crippen LogP contribution < -0.4 is 16.6 Å². The third kappa shape index (κ3) is 5.16. The summed E-state index contributed by atoms with van der Waals surface area (Å²) in [5, 5.41) is 2.90. The molecule has 1 aromatic rings. The second-order valence-electron chi connectivity index (χ2n) is 2.29. The second kappa shape index (κ2) is 8.07. The van der Waals surface area contributed by atoms with E-state index in [0.29, 0.717) is 0 Å². The maximum absolute atomic E-state index is 10.7. The number of benzene rings is 1. The summed E-state index contributed by atoms with van der Waals surface area (Å²) in [5.74, 6) is 4.66. The van der Waals surface area contributed by atoms with E-state index in [-0.39, 0.29) is 12.5 Å². The highest BCUT2D eigenvalue weighted by atomic mass is 16.2. The van der Waals surface area contributed by atoms with Crippen LogP contribution in [-0.2, 0) is 4.79 Å². The molecule has 4 N–H and O–H groups in total. The molecule has 0 aliphatic heterocycles. The van der Waals surface area contributed by atoms with E-state index < -0.39 is 0 Å². The van der Waals surface area contributed by atoms with Gasteiger partial charge in [-0.15, -0.1) is 0 Å². The van der Waals surface area contributed by atoms with Gasteiger partial charge in [-0.1, -0.05) is 32.0 Å². The fraction of sp³-hybridized carbons (Fsp3) is 0.300. The quantitative estimate of drug-likeness (QED) is 0.384. The maximum atomic E-state index is 10.7. The average molecular weight is 195 g/mol. The molecule has 1 amide bonds. The standard InChI is InChI=1S/C8H11N3O.C2H6/c9-11-8(12)6-10-7-4-2-1-3-5-7;1-2/h1-5,10H,6,9H2,(H,11,12);1-2H3. The van der Waals surface area contributed by atoms with E-state index in [1.165, 1.54) is 0 Å². The van der Waals surface area contributed by atoms with Crippen molar-refractivity contribution in [2.24, 2.45) is 5.84 Å². The summed E-state index contributed by atoms with van der Waals surface area (Å²) in [4.78, 5) is 10.7. The van der Waals surface area contributed by atoms with Crippen LogP contribution in [0.3, 0.4) is 0 Å². The van der Waals surface area contributed by atoms with Crippen molar-refractivity contribution in [2.75, 3.05) is 11.9 Å². The number of para-hydroxylation sites is 1. The van der Waals surface area contributed by atoms with Gasteiger partial charge in [0.2, 0.25) is 0 Å². The van der Waals surface area contributed by atoms with Gasteiger partial charge in [-0.25, -0.2) is 5.84 Å². The summed E-state index contributed by atoms with van der Waals surface area (Å²) in [6, 6.07) is 9.45. The van der Waals surface area contributed by atoms with Gasteiger partial charge in [0.25, 0.3) is 5.91 Å². The number of nitrogens with one attached hydrogen (secondary N) is 2. The number of hydrogen-bond donors (Lipinski definition) is 3. The number of hydrogen-bond acceptors (Lipinski definition) is 3. The molecule has 0 saturated carbocycles. The van der Waals surface area contributed by atoms with Crippen LogP contribution in [0.4, 0.5) is 5.69 Å². The highest BCUT2D eigenvalue weighted by Crippen LogP contribution is 2.03. The van der Waals surface area contributed by atoms with Gasteiger partial charge >= 0.3 is 0 Å². The van der Waals surface area contributed by atoms with Gasteiger partial charge in [-0.3, -0.25) is 10.2 Å². The first-order valence-electron chi connectivity index (χ1n) is 4.61. The van der Waals surface area contributed by atoms with Crippen LogP contribution in [0.25, 0.3) is 0 Å². The Balaban J connectivity index is 0.000000791. The van der Waals surface area contributed by atoms with Crippen molar-refractivity contribution >= 4 is 11.6 Å². The van der Waals surface area contributed by atoms with E-state index in [9.17, 15) is 4.79 Å². The largest absolute Gasteiger partial charge is 0.376 e. The lowest BCUT2D eigenvalue weighted by Gasteiger charge is -2.03. The molecular formula is C10H17N3O. The molecule has 0 bridgehead atoms. The number of hydrazine groups is 1. The van der Waals surface area contributed by atoms with Gasteiger partial charge in [0.05, 0.1) is 6.54 Å². The van der Waals surface area contributed by atoms with Crippen molar-refractivity contribution in [2.45, 2.75) is 13.8 Å². The molecule has 0 radical (unpaired) electrons. The van der Waals surface area contributed by atoms with Crippen LogP contribution >= 0.6 is 0 Å². The molecule has 0 aliphatic carbocycles. The molecule has 0 atom stereocenters. The molecule has 4 nitrogen and oxygen atoms in total. The minimum Gasteiger partial charge on any atom is -0.376 e. The lowest BCUT2D eigenvalue weighted by atomic mass is 10.3. The Labute approximate surface area is 84.5 Å². The van der Waals surface area contributed by atoms with E-state index in [1.54, 1.807) is 0 Å². The third-order valence-electron chi connectivity index (χ3n) is 1.39. The lowest BCUT2D eigenvalue weighted by Crippen LogP contribution is -2.35. The molecule has 0 aromatic heterocycles. The number of carbonyl (C=O) groups excluding carboxylic acids is 1. The second-order valence-corrected chi connectivity index (χ2v) is 2.29. The first-order valence-corrected chi connectivity index (χ1v) is 4.61. The van der Waals surface area contributed by atoms with Crippen LogP contribution in [0, 0.1) is 0 Å². The van der Waals surface area contributed by atoms with Crippen molar-refractivity contribution in [3.05, 3.63) is 30.3 Å². The lowest BCUT2D eigenvalue weighted by molar-refractivity contribution is -0.119. The molecule has 0 spiro atoms. The molecular weight excluding hydrogens is 178 g/mol. The van der Waals surface area contributed by atoms with Crippen molar-refractivity contribution in [3.8, 4) is 0 Å². The zero-order valence-corrected chi connectivity index (χ0v) is 8.58. The van der Waals surface area contributed by atoms with Crippen molar-refractivity contribution < 1.29 is 4.79 Å². The van der Waals surface area contributed by atoms with E-state index in [4.69, 9.17) is 5.84 Å². The summed E-state index contributed by atoms with van der Waals surface area (Å²) in [6.45, 7) is 4.19. The predicted octanol–water partition coefficient (Wildman–Crippen LogP) is 1.11. The van der Waals surface area contributed by atoms with Crippen molar-refractivity contribution in [3.63, 3.8) is 0 Å². The minimum atomic E-state index is -0.237. The van der Waals surface area contributed by atoms with Gasteiger partial charge in [-0.05, 0) is 12.1 Å². The van der Waals surface area contributed by atoms with Crippen LogP contribution in [0.1, 0.15) is 13.8 Å². The van der Waals surface area contributed by atoms with Gasteiger partial charge in [0.15, 0.2) is 0 Å². The van der Waals surface area contributed by atoms with Gasteiger partial charge in [0, 0.05) is 5.69 Å². The van der Waals surface area contributed by atoms with Crippen LogP contribution in [-0.4, -0.2) is 12.5 Å². The summed E-state index contributed by atoms with van der Waals surface area (Å²) in [7, 11) is 0. The Morgan fingerprint density at radius 2 is 1.86 bits per heavy atom. The Morgan fingerprint density at radius 1 is 1.29 bits per heavy atom. The Bertz CT molecular complexity index is 249. The number of amides is 1. The molecule has 14 heavy (non-hydrogen) atoms. The number of carbonyl (C=O) groups is 1. The molecule has 0 saturated heterocycles. The van der Waals surface area contributed by atoms with E-state index in [1.807, 2.05) is 49.6 Å². The summed E-state index contributed by atoms with van der Waals surface area (Å²) >= 11 is 0. The highest BCUT2D eigenvalue weighted by Gasteiger charge is 1.95. The average Bonchev–Trinajstić information content (AvgIpc) is 2.30. The van der Waals surface area contributed by atoms with Crippen LogP contribution in [0.5, 0.6) is 0 Å². The monoisotopic (exact) mass is 195 g/mol. The summed E-state index contributed by atoms with van der Waals surface area (Å²) in [6.07, 6.45) is 0. The van der Waals surface area contributed by atoms with Crippen molar-refractivity contribution in [1.82, 2.24) is 5.43 Å². The first kappa shape index (κ1) is 12.4. The van der Waals surface area contributed by atoms with Gasteiger partial charge in [-0.2, -0.15) is 0 Å². The zero-order chi connectivity index (χ0) is 10.8. The number of rotatable bonds is 3. The fourth-order valence-corrected chi connectivity index (χ4v) is 0.789. The summed E-state index contributed by atoms with van der Waals surface area (Å²) < 4.78 is 0.